The molecule has 1 fully saturated rings. The van der Waals surface area contributed by atoms with Gasteiger partial charge in [-0.15, -0.1) is 0 Å². The summed E-state index contributed by atoms with van der Waals surface area (Å²) in [6.45, 7) is -0.0427. The minimum absolute atomic E-state index is 0.0711. The smallest absolute Gasteiger partial charge is 0.387 e. The van der Waals surface area contributed by atoms with E-state index >= 15 is 0 Å². The maximum absolute atomic E-state index is 12.2. The van der Waals surface area contributed by atoms with E-state index in [0.29, 0.717) is 25.3 Å². The van der Waals surface area contributed by atoms with Crippen molar-refractivity contribution < 1.29 is 23.0 Å². The monoisotopic (exact) mass is 300 g/mol. The Kier molecular flexibility index (Phi) is 5.08. The van der Waals surface area contributed by atoms with E-state index in [9.17, 15) is 13.6 Å². The Bertz CT molecular complexity index is 497. The van der Waals surface area contributed by atoms with Crippen LogP contribution in [0, 0.1) is 0 Å². The first kappa shape index (κ1) is 15.7. The molecular formula is C14H18F2N2O3. The fourth-order valence-corrected chi connectivity index (χ4v) is 2.23. The van der Waals surface area contributed by atoms with E-state index in [0.717, 1.165) is 0 Å². The second kappa shape index (κ2) is 6.82. The van der Waals surface area contributed by atoms with Crippen molar-refractivity contribution in [3.63, 3.8) is 0 Å². The number of rotatable bonds is 4. The largest absolute Gasteiger partial charge is 0.435 e. The third kappa shape index (κ3) is 4.12. The molecule has 0 radical (unpaired) electrons. The average molecular weight is 300 g/mol. The highest BCUT2D eigenvalue weighted by Gasteiger charge is 2.27. The standard InChI is InChI=1S/C14H18F2N2O3/c1-9(17)13(19)18-5-6-20-12(8-18)10-3-2-4-11(7-10)21-14(15)16/h2-4,7,9,12,14H,5-6,8,17H2,1H3. The normalized spacial score (nSPS) is 20.4. The molecule has 7 heteroatoms. The van der Waals surface area contributed by atoms with E-state index in [2.05, 4.69) is 4.74 Å². The van der Waals surface area contributed by atoms with Crippen LogP contribution in [0.4, 0.5) is 8.78 Å². The SMILES string of the molecule is CC(N)C(=O)N1CCOC(c2cccc(OC(F)F)c2)C1. The molecule has 2 atom stereocenters. The number of carbonyl (C=O) groups is 1. The minimum Gasteiger partial charge on any atom is -0.435 e. The van der Waals surface area contributed by atoms with Gasteiger partial charge in [0.05, 0.1) is 19.2 Å². The van der Waals surface area contributed by atoms with E-state index in [-0.39, 0.29) is 17.8 Å². The molecule has 2 rings (SSSR count). The number of halogens is 2. The molecule has 1 amide bonds. The summed E-state index contributed by atoms with van der Waals surface area (Å²) in [6, 6.07) is 5.74. The topological polar surface area (TPSA) is 64.8 Å². The number of alkyl halides is 2. The van der Waals surface area contributed by atoms with Gasteiger partial charge in [0, 0.05) is 6.54 Å². The van der Waals surface area contributed by atoms with Crippen LogP contribution in [-0.2, 0) is 9.53 Å². The summed E-state index contributed by atoms with van der Waals surface area (Å²) in [4.78, 5) is 13.5. The fourth-order valence-electron chi connectivity index (χ4n) is 2.23. The zero-order valence-corrected chi connectivity index (χ0v) is 11.7. The number of morpholine rings is 1. The van der Waals surface area contributed by atoms with Crippen molar-refractivity contribution in [1.82, 2.24) is 4.90 Å². The highest BCUT2D eigenvalue weighted by atomic mass is 19.3. The van der Waals surface area contributed by atoms with Crippen molar-refractivity contribution in [1.29, 1.82) is 0 Å². The average Bonchev–Trinajstić information content (AvgIpc) is 2.46. The molecule has 1 aliphatic rings. The van der Waals surface area contributed by atoms with Crippen LogP contribution >= 0.6 is 0 Å². The van der Waals surface area contributed by atoms with Crippen LogP contribution in [0.25, 0.3) is 0 Å². The molecule has 0 bridgehead atoms. The molecule has 1 heterocycles. The summed E-state index contributed by atoms with van der Waals surface area (Å²) < 4.78 is 34.4. The number of hydrogen-bond acceptors (Lipinski definition) is 4. The Labute approximate surface area is 121 Å². The Morgan fingerprint density at radius 1 is 1.52 bits per heavy atom. The quantitative estimate of drug-likeness (QED) is 0.916. The van der Waals surface area contributed by atoms with E-state index in [4.69, 9.17) is 10.5 Å². The lowest BCUT2D eigenvalue weighted by Gasteiger charge is -2.34. The van der Waals surface area contributed by atoms with Gasteiger partial charge in [-0.1, -0.05) is 12.1 Å². The summed E-state index contributed by atoms with van der Waals surface area (Å²) in [7, 11) is 0. The molecule has 1 aliphatic heterocycles. The number of nitrogens with zero attached hydrogens (tertiary/aromatic N) is 1. The molecule has 1 aromatic rings. The van der Waals surface area contributed by atoms with E-state index < -0.39 is 12.7 Å². The zero-order valence-electron chi connectivity index (χ0n) is 11.7. The van der Waals surface area contributed by atoms with Gasteiger partial charge >= 0.3 is 6.61 Å². The summed E-state index contributed by atoms with van der Waals surface area (Å²) in [5.41, 5.74) is 6.28. The molecule has 1 aromatic carbocycles. The van der Waals surface area contributed by atoms with Gasteiger partial charge in [0.25, 0.3) is 0 Å². The highest BCUT2D eigenvalue weighted by molar-refractivity contribution is 5.81. The molecule has 116 valence electrons. The van der Waals surface area contributed by atoms with E-state index in [1.165, 1.54) is 12.1 Å². The second-order valence-corrected chi connectivity index (χ2v) is 4.88. The van der Waals surface area contributed by atoms with Gasteiger partial charge in [0.1, 0.15) is 11.9 Å². The first-order valence-corrected chi connectivity index (χ1v) is 6.68. The van der Waals surface area contributed by atoms with Gasteiger partial charge in [-0.2, -0.15) is 8.78 Å². The van der Waals surface area contributed by atoms with Crippen molar-refractivity contribution >= 4 is 5.91 Å². The molecular weight excluding hydrogens is 282 g/mol. The maximum Gasteiger partial charge on any atom is 0.387 e. The molecule has 1 saturated heterocycles. The van der Waals surface area contributed by atoms with Gasteiger partial charge in [-0.05, 0) is 24.6 Å². The number of nitrogens with two attached hydrogens (primary N) is 1. The van der Waals surface area contributed by atoms with Gasteiger partial charge in [0.15, 0.2) is 0 Å². The Morgan fingerprint density at radius 2 is 2.29 bits per heavy atom. The molecule has 5 nitrogen and oxygen atoms in total. The van der Waals surface area contributed by atoms with Crippen LogP contribution in [0.15, 0.2) is 24.3 Å². The van der Waals surface area contributed by atoms with Crippen molar-refractivity contribution in [3.05, 3.63) is 29.8 Å². The molecule has 0 aliphatic carbocycles. The Hall–Kier alpha value is -1.73. The fraction of sp³-hybridized carbons (Fsp3) is 0.500. The molecule has 0 saturated carbocycles. The summed E-state index contributed by atoms with van der Waals surface area (Å²) >= 11 is 0. The van der Waals surface area contributed by atoms with Gasteiger partial charge < -0.3 is 20.1 Å². The molecule has 0 spiro atoms. The van der Waals surface area contributed by atoms with Crippen LogP contribution in [-0.4, -0.2) is 43.2 Å². The molecule has 2 N–H and O–H groups in total. The van der Waals surface area contributed by atoms with Gasteiger partial charge in [0.2, 0.25) is 5.91 Å². The number of benzene rings is 1. The summed E-state index contributed by atoms with van der Waals surface area (Å²) in [5, 5.41) is 0. The van der Waals surface area contributed by atoms with Crippen molar-refractivity contribution in [2.45, 2.75) is 25.7 Å². The number of carbonyl (C=O) groups excluding carboxylic acids is 1. The van der Waals surface area contributed by atoms with Gasteiger partial charge in [-0.3, -0.25) is 4.79 Å². The molecule has 2 unspecified atom stereocenters. The Balaban J connectivity index is 2.09. The van der Waals surface area contributed by atoms with Crippen LogP contribution in [0.1, 0.15) is 18.6 Å². The zero-order chi connectivity index (χ0) is 15.4. The third-order valence-corrected chi connectivity index (χ3v) is 3.22. The summed E-state index contributed by atoms with van der Waals surface area (Å²) in [6.07, 6.45) is -0.373. The lowest BCUT2D eigenvalue weighted by Crippen LogP contribution is -2.48. The van der Waals surface area contributed by atoms with Crippen LogP contribution in [0.3, 0.4) is 0 Å². The van der Waals surface area contributed by atoms with Crippen LogP contribution in [0.5, 0.6) is 5.75 Å². The van der Waals surface area contributed by atoms with Crippen LogP contribution in [0.2, 0.25) is 0 Å². The molecule has 0 aromatic heterocycles. The minimum atomic E-state index is -2.87. The van der Waals surface area contributed by atoms with Crippen molar-refractivity contribution in [2.75, 3.05) is 19.7 Å². The Morgan fingerprint density at radius 3 is 2.95 bits per heavy atom. The predicted octanol–water partition coefficient (Wildman–Crippen LogP) is 1.54. The predicted molar refractivity (Wildman–Crippen MR) is 72.0 cm³/mol. The lowest BCUT2D eigenvalue weighted by molar-refractivity contribution is -0.140. The number of ether oxygens (including phenoxy) is 2. The molecule has 21 heavy (non-hydrogen) atoms. The maximum atomic E-state index is 12.2. The lowest BCUT2D eigenvalue weighted by atomic mass is 10.1. The van der Waals surface area contributed by atoms with E-state index in [1.807, 2.05) is 0 Å². The number of amides is 1. The van der Waals surface area contributed by atoms with Gasteiger partial charge in [-0.25, -0.2) is 0 Å². The third-order valence-electron chi connectivity index (χ3n) is 3.22. The summed E-state index contributed by atoms with van der Waals surface area (Å²) in [5.74, 6) is -0.0787. The van der Waals surface area contributed by atoms with Crippen molar-refractivity contribution in [2.24, 2.45) is 5.73 Å². The van der Waals surface area contributed by atoms with E-state index in [1.54, 1.807) is 24.0 Å². The van der Waals surface area contributed by atoms with Crippen LogP contribution < -0.4 is 10.5 Å². The first-order valence-electron chi connectivity index (χ1n) is 6.68. The highest BCUT2D eigenvalue weighted by Crippen LogP contribution is 2.26. The number of hydrogen-bond donors (Lipinski definition) is 1. The second-order valence-electron chi connectivity index (χ2n) is 4.88. The van der Waals surface area contributed by atoms with Crippen molar-refractivity contribution in [3.8, 4) is 5.75 Å². The first-order chi connectivity index (χ1) is 9.97.